The Hall–Kier alpha value is -0.670. The van der Waals surface area contributed by atoms with Crippen LogP contribution >= 0.6 is 11.8 Å². The Morgan fingerprint density at radius 1 is 1.41 bits per heavy atom. The van der Waals surface area contributed by atoms with E-state index >= 15 is 0 Å². The van der Waals surface area contributed by atoms with Gasteiger partial charge in [0.25, 0.3) is 0 Å². The number of para-hydroxylation sites is 1. The molecule has 1 aromatic carbocycles. The Morgan fingerprint density at radius 3 is 3.06 bits per heavy atom. The fourth-order valence-electron chi connectivity index (χ4n) is 2.94. The predicted molar refractivity (Wildman–Crippen MR) is 70.5 cm³/mol. The SMILES string of the molecule is CC1SCCCC12C[C@H](O)c1ccccc1O2. The first kappa shape index (κ1) is 11.4. The van der Waals surface area contributed by atoms with Crippen molar-refractivity contribution in [1.29, 1.82) is 0 Å². The van der Waals surface area contributed by atoms with Gasteiger partial charge in [0.2, 0.25) is 0 Å². The zero-order chi connectivity index (χ0) is 11.9. The first-order chi connectivity index (χ1) is 8.21. The Morgan fingerprint density at radius 2 is 2.24 bits per heavy atom. The van der Waals surface area contributed by atoms with Crippen molar-refractivity contribution in [2.45, 2.75) is 43.1 Å². The summed E-state index contributed by atoms with van der Waals surface area (Å²) in [7, 11) is 0. The maximum Gasteiger partial charge on any atom is 0.126 e. The lowest BCUT2D eigenvalue weighted by atomic mass is 9.83. The van der Waals surface area contributed by atoms with Gasteiger partial charge in [0.15, 0.2) is 0 Å². The lowest BCUT2D eigenvalue weighted by Crippen LogP contribution is -2.50. The lowest BCUT2D eigenvalue weighted by Gasteiger charge is -2.46. The summed E-state index contributed by atoms with van der Waals surface area (Å²) in [4.78, 5) is 0. The molecule has 3 heteroatoms. The minimum atomic E-state index is -0.374. The minimum absolute atomic E-state index is 0.156. The van der Waals surface area contributed by atoms with Crippen LogP contribution < -0.4 is 4.74 Å². The van der Waals surface area contributed by atoms with Gasteiger partial charge >= 0.3 is 0 Å². The van der Waals surface area contributed by atoms with E-state index in [4.69, 9.17) is 4.74 Å². The molecule has 2 aliphatic heterocycles. The average molecular weight is 250 g/mol. The van der Waals surface area contributed by atoms with Crippen LogP contribution in [0.1, 0.15) is 37.9 Å². The highest BCUT2D eigenvalue weighted by atomic mass is 32.2. The fourth-order valence-corrected chi connectivity index (χ4v) is 4.17. The van der Waals surface area contributed by atoms with Crippen LogP contribution in [0, 0.1) is 0 Å². The molecule has 2 aliphatic rings. The molecule has 1 aromatic rings. The highest BCUT2D eigenvalue weighted by molar-refractivity contribution is 8.00. The Bertz CT molecular complexity index is 420. The predicted octanol–water partition coefficient (Wildman–Crippen LogP) is 3.16. The van der Waals surface area contributed by atoms with Crippen LogP contribution in [0.15, 0.2) is 24.3 Å². The second-order valence-electron chi connectivity index (χ2n) is 5.04. The number of hydrogen-bond donors (Lipinski definition) is 1. The Kier molecular flexibility index (Phi) is 2.83. The summed E-state index contributed by atoms with van der Waals surface area (Å²) in [5, 5.41) is 10.8. The van der Waals surface area contributed by atoms with Crippen LogP contribution in [0.25, 0.3) is 0 Å². The van der Waals surface area contributed by atoms with Crippen LogP contribution in [-0.2, 0) is 0 Å². The molecule has 0 saturated carbocycles. The molecule has 2 unspecified atom stereocenters. The first-order valence-corrected chi connectivity index (χ1v) is 7.34. The van der Waals surface area contributed by atoms with E-state index in [-0.39, 0.29) is 11.7 Å². The summed E-state index contributed by atoms with van der Waals surface area (Å²) < 4.78 is 6.26. The first-order valence-electron chi connectivity index (χ1n) is 6.29. The summed E-state index contributed by atoms with van der Waals surface area (Å²) in [6, 6.07) is 7.88. The van der Waals surface area contributed by atoms with Gasteiger partial charge in [0.05, 0.1) is 6.10 Å². The third kappa shape index (κ3) is 1.85. The van der Waals surface area contributed by atoms with Gasteiger partial charge in [0, 0.05) is 17.2 Å². The fraction of sp³-hybridized carbons (Fsp3) is 0.571. The van der Waals surface area contributed by atoms with Crippen molar-refractivity contribution in [3.63, 3.8) is 0 Å². The topological polar surface area (TPSA) is 29.5 Å². The van der Waals surface area contributed by atoms with Crippen molar-refractivity contribution in [2.24, 2.45) is 0 Å². The standard InChI is InChI=1S/C14H18O2S/c1-10-14(7-4-8-17-10)9-12(15)11-5-2-3-6-13(11)16-14/h2-3,5-6,10,12,15H,4,7-9H2,1H3/t10?,12-,14?/m0/s1. The summed E-state index contributed by atoms with van der Waals surface area (Å²) >= 11 is 1.96. The number of ether oxygens (including phenoxy) is 1. The minimum Gasteiger partial charge on any atom is -0.486 e. The van der Waals surface area contributed by atoms with Crippen molar-refractivity contribution >= 4 is 11.8 Å². The van der Waals surface area contributed by atoms with Crippen LogP contribution in [0.2, 0.25) is 0 Å². The van der Waals surface area contributed by atoms with Crippen molar-refractivity contribution in [3.8, 4) is 5.75 Å². The molecule has 1 N–H and O–H groups in total. The number of fused-ring (bicyclic) bond motifs is 1. The average Bonchev–Trinajstić information content (AvgIpc) is 2.33. The smallest absolute Gasteiger partial charge is 0.126 e. The second-order valence-corrected chi connectivity index (χ2v) is 6.49. The van der Waals surface area contributed by atoms with Crippen molar-refractivity contribution in [3.05, 3.63) is 29.8 Å². The molecular weight excluding hydrogens is 232 g/mol. The van der Waals surface area contributed by atoms with E-state index in [0.717, 1.165) is 24.2 Å². The molecule has 2 nitrogen and oxygen atoms in total. The molecule has 3 atom stereocenters. The highest BCUT2D eigenvalue weighted by Gasteiger charge is 2.46. The molecule has 1 spiro atoms. The van der Waals surface area contributed by atoms with Crippen molar-refractivity contribution in [1.82, 2.24) is 0 Å². The molecule has 0 radical (unpaired) electrons. The summed E-state index contributed by atoms with van der Waals surface area (Å²) in [5.74, 6) is 2.09. The van der Waals surface area contributed by atoms with E-state index in [1.54, 1.807) is 0 Å². The van der Waals surface area contributed by atoms with Gasteiger partial charge in [0.1, 0.15) is 11.4 Å². The second kappa shape index (κ2) is 4.21. The van der Waals surface area contributed by atoms with E-state index in [1.165, 1.54) is 12.2 Å². The Labute approximate surface area is 106 Å². The number of hydrogen-bond acceptors (Lipinski definition) is 3. The lowest BCUT2D eigenvalue weighted by molar-refractivity contribution is -0.0211. The highest BCUT2D eigenvalue weighted by Crippen LogP contribution is 2.48. The Balaban J connectivity index is 1.97. The molecule has 2 heterocycles. The van der Waals surface area contributed by atoms with Crippen molar-refractivity contribution in [2.75, 3.05) is 5.75 Å². The van der Waals surface area contributed by atoms with E-state index in [9.17, 15) is 5.11 Å². The molecule has 1 fully saturated rings. The third-order valence-corrected chi connectivity index (χ3v) is 5.44. The monoisotopic (exact) mass is 250 g/mol. The van der Waals surface area contributed by atoms with Crippen LogP contribution in [0.5, 0.6) is 5.75 Å². The van der Waals surface area contributed by atoms with Gasteiger partial charge < -0.3 is 9.84 Å². The number of aliphatic hydroxyl groups is 1. The molecule has 0 bridgehead atoms. The van der Waals surface area contributed by atoms with Crippen LogP contribution in [0.4, 0.5) is 0 Å². The van der Waals surface area contributed by atoms with Gasteiger partial charge in [-0.2, -0.15) is 11.8 Å². The summed E-state index contributed by atoms with van der Waals surface area (Å²) in [6.07, 6.45) is 2.61. The molecule has 1 saturated heterocycles. The molecule has 0 aliphatic carbocycles. The van der Waals surface area contributed by atoms with Gasteiger partial charge in [-0.25, -0.2) is 0 Å². The quantitative estimate of drug-likeness (QED) is 0.767. The van der Waals surface area contributed by atoms with Crippen LogP contribution in [-0.4, -0.2) is 21.7 Å². The largest absolute Gasteiger partial charge is 0.486 e. The summed E-state index contributed by atoms with van der Waals surface area (Å²) in [5.41, 5.74) is 0.789. The van der Waals surface area contributed by atoms with E-state index in [0.29, 0.717) is 5.25 Å². The molecule has 0 aromatic heterocycles. The molecular formula is C14H18O2S. The normalized spacial score (nSPS) is 36.4. The molecule has 3 rings (SSSR count). The number of rotatable bonds is 0. The maximum absolute atomic E-state index is 10.3. The van der Waals surface area contributed by atoms with Crippen LogP contribution in [0.3, 0.4) is 0 Å². The zero-order valence-corrected chi connectivity index (χ0v) is 10.9. The number of thioether (sulfide) groups is 1. The number of benzene rings is 1. The van der Waals surface area contributed by atoms with E-state index in [1.807, 2.05) is 36.0 Å². The molecule has 92 valence electrons. The van der Waals surface area contributed by atoms with Gasteiger partial charge in [-0.3, -0.25) is 0 Å². The maximum atomic E-state index is 10.3. The van der Waals surface area contributed by atoms with E-state index in [2.05, 4.69) is 6.92 Å². The molecule has 17 heavy (non-hydrogen) atoms. The van der Waals surface area contributed by atoms with E-state index < -0.39 is 0 Å². The van der Waals surface area contributed by atoms with Gasteiger partial charge in [-0.1, -0.05) is 18.2 Å². The third-order valence-electron chi connectivity index (χ3n) is 3.98. The van der Waals surface area contributed by atoms with Gasteiger partial charge in [-0.15, -0.1) is 0 Å². The van der Waals surface area contributed by atoms with Gasteiger partial charge in [-0.05, 0) is 31.6 Å². The van der Waals surface area contributed by atoms with Crippen molar-refractivity contribution < 1.29 is 9.84 Å². The number of aliphatic hydroxyl groups excluding tert-OH is 1. The molecule has 0 amide bonds. The zero-order valence-electron chi connectivity index (χ0n) is 10.1. The summed E-state index contributed by atoms with van der Waals surface area (Å²) in [6.45, 7) is 2.23.